The molecule has 0 saturated heterocycles. The Balaban J connectivity index is 3.00. The Bertz CT molecular complexity index is 260. The second-order valence-corrected chi connectivity index (χ2v) is 3.08. The minimum absolute atomic E-state index is 0.0786. The van der Waals surface area contributed by atoms with E-state index in [0.717, 1.165) is 12.0 Å². The number of pyridine rings is 1. The van der Waals surface area contributed by atoms with Crippen LogP contribution >= 0.6 is 12.6 Å². The molecule has 0 aliphatic carbocycles. The van der Waals surface area contributed by atoms with Crippen LogP contribution in [-0.2, 0) is 0 Å². The van der Waals surface area contributed by atoms with Crippen LogP contribution in [0.1, 0.15) is 28.2 Å². The van der Waals surface area contributed by atoms with Crippen LogP contribution in [-0.4, -0.2) is 11.3 Å². The van der Waals surface area contributed by atoms with Crippen LogP contribution in [0.4, 0.5) is 0 Å². The van der Waals surface area contributed by atoms with Crippen molar-refractivity contribution in [2.24, 2.45) is 0 Å². The second kappa shape index (κ2) is 3.53. The summed E-state index contributed by atoms with van der Waals surface area (Å²) in [5, 5.41) is 0.0786. The van der Waals surface area contributed by atoms with E-state index in [1.54, 1.807) is 18.3 Å². The number of aldehydes is 1. The third-order valence-corrected chi connectivity index (χ3v) is 1.63. The van der Waals surface area contributed by atoms with Crippen LogP contribution < -0.4 is 0 Å². The number of rotatable bonds is 2. The minimum atomic E-state index is 0.0786. The first-order valence-corrected chi connectivity index (χ1v) is 3.85. The van der Waals surface area contributed by atoms with Crippen molar-refractivity contribution in [3.63, 3.8) is 0 Å². The van der Waals surface area contributed by atoms with Crippen molar-refractivity contribution in [1.82, 2.24) is 4.98 Å². The van der Waals surface area contributed by atoms with Gasteiger partial charge in [-0.25, -0.2) is 0 Å². The molecule has 0 bridgehead atoms. The molecule has 3 heteroatoms. The van der Waals surface area contributed by atoms with E-state index >= 15 is 0 Å². The first kappa shape index (κ1) is 8.27. The molecule has 0 aliphatic rings. The van der Waals surface area contributed by atoms with Crippen LogP contribution in [0.25, 0.3) is 0 Å². The molecule has 0 aromatic carbocycles. The molecule has 1 unspecified atom stereocenters. The zero-order valence-electron chi connectivity index (χ0n) is 6.19. The molecule has 0 aliphatic heterocycles. The topological polar surface area (TPSA) is 30.0 Å². The highest BCUT2D eigenvalue weighted by molar-refractivity contribution is 7.80. The highest BCUT2D eigenvalue weighted by Gasteiger charge is 2.00. The molecule has 11 heavy (non-hydrogen) atoms. The predicted molar refractivity (Wildman–Crippen MR) is 47.0 cm³/mol. The third-order valence-electron chi connectivity index (χ3n) is 1.37. The summed E-state index contributed by atoms with van der Waals surface area (Å²) in [7, 11) is 0. The number of hydrogen-bond donors (Lipinski definition) is 1. The van der Waals surface area contributed by atoms with E-state index in [1.165, 1.54) is 0 Å². The quantitative estimate of drug-likeness (QED) is 0.538. The minimum Gasteiger partial charge on any atom is -0.298 e. The Kier molecular flexibility index (Phi) is 2.65. The van der Waals surface area contributed by atoms with Crippen LogP contribution in [0.15, 0.2) is 18.3 Å². The fourth-order valence-corrected chi connectivity index (χ4v) is 0.909. The Morgan fingerprint density at radius 3 is 3.00 bits per heavy atom. The fraction of sp³-hybridized carbons (Fsp3) is 0.250. The van der Waals surface area contributed by atoms with Crippen LogP contribution in [0.3, 0.4) is 0 Å². The van der Waals surface area contributed by atoms with Gasteiger partial charge in [0.05, 0.1) is 5.69 Å². The molecule has 0 amide bonds. The molecule has 0 fully saturated rings. The molecule has 1 atom stereocenters. The number of hydrogen-bond acceptors (Lipinski definition) is 3. The number of aromatic nitrogens is 1. The maximum absolute atomic E-state index is 10.3. The second-order valence-electron chi connectivity index (χ2n) is 2.31. The molecule has 0 saturated carbocycles. The van der Waals surface area contributed by atoms with Crippen molar-refractivity contribution < 1.29 is 4.79 Å². The van der Waals surface area contributed by atoms with Crippen molar-refractivity contribution in [2.75, 3.05) is 0 Å². The summed E-state index contributed by atoms with van der Waals surface area (Å²) >= 11 is 4.20. The van der Waals surface area contributed by atoms with Crippen LogP contribution in [0.5, 0.6) is 0 Å². The zero-order valence-corrected chi connectivity index (χ0v) is 7.08. The summed E-state index contributed by atoms with van der Waals surface area (Å²) < 4.78 is 0. The lowest BCUT2D eigenvalue weighted by atomic mass is 10.2. The lowest BCUT2D eigenvalue weighted by Crippen LogP contribution is -1.91. The van der Waals surface area contributed by atoms with E-state index in [2.05, 4.69) is 17.6 Å². The van der Waals surface area contributed by atoms with Crippen LogP contribution in [0, 0.1) is 0 Å². The third kappa shape index (κ3) is 2.05. The van der Waals surface area contributed by atoms with Gasteiger partial charge in [-0.15, -0.1) is 0 Å². The molecule has 2 nitrogen and oxygen atoms in total. The standard InChI is InChI=1S/C8H9NOS/c1-6(11)8-4-7(5-10)2-3-9-8/h2-6,11H,1H3. The Labute approximate surface area is 71.1 Å². The summed E-state index contributed by atoms with van der Waals surface area (Å²) in [6.07, 6.45) is 2.42. The van der Waals surface area contributed by atoms with E-state index in [-0.39, 0.29) is 5.25 Å². The molecule has 0 N–H and O–H groups in total. The Morgan fingerprint density at radius 2 is 2.45 bits per heavy atom. The molecule has 0 radical (unpaired) electrons. The van der Waals surface area contributed by atoms with Gasteiger partial charge in [0.2, 0.25) is 0 Å². The maximum Gasteiger partial charge on any atom is 0.150 e. The molecular formula is C8H9NOS. The van der Waals surface area contributed by atoms with Gasteiger partial charge in [0, 0.05) is 17.0 Å². The molecule has 1 aromatic rings. The number of carbonyl (C=O) groups is 1. The number of nitrogens with zero attached hydrogens (tertiary/aromatic N) is 1. The highest BCUT2D eigenvalue weighted by Crippen LogP contribution is 2.15. The van der Waals surface area contributed by atoms with Crippen LogP contribution in [0.2, 0.25) is 0 Å². The largest absolute Gasteiger partial charge is 0.298 e. The van der Waals surface area contributed by atoms with Gasteiger partial charge >= 0.3 is 0 Å². The van der Waals surface area contributed by atoms with Gasteiger partial charge < -0.3 is 0 Å². The number of thiol groups is 1. The fourth-order valence-electron chi connectivity index (χ4n) is 0.767. The average molecular weight is 167 g/mol. The molecule has 58 valence electrons. The molecule has 1 rings (SSSR count). The molecule has 0 spiro atoms. The summed E-state index contributed by atoms with van der Waals surface area (Å²) in [6, 6.07) is 3.41. The molecule has 1 heterocycles. The van der Waals surface area contributed by atoms with Gasteiger partial charge in [-0.3, -0.25) is 9.78 Å². The van der Waals surface area contributed by atoms with Gasteiger partial charge in [0.25, 0.3) is 0 Å². The van der Waals surface area contributed by atoms with Crippen molar-refractivity contribution in [3.8, 4) is 0 Å². The van der Waals surface area contributed by atoms with E-state index in [4.69, 9.17) is 0 Å². The first-order valence-electron chi connectivity index (χ1n) is 3.33. The molecule has 1 aromatic heterocycles. The van der Waals surface area contributed by atoms with Gasteiger partial charge in [0.1, 0.15) is 6.29 Å². The van der Waals surface area contributed by atoms with Gasteiger partial charge in [0.15, 0.2) is 0 Å². The smallest absolute Gasteiger partial charge is 0.150 e. The lowest BCUT2D eigenvalue weighted by Gasteiger charge is -2.01. The van der Waals surface area contributed by atoms with Gasteiger partial charge in [-0.05, 0) is 19.1 Å². The summed E-state index contributed by atoms with van der Waals surface area (Å²) in [4.78, 5) is 14.4. The highest BCUT2D eigenvalue weighted by atomic mass is 32.1. The monoisotopic (exact) mass is 167 g/mol. The maximum atomic E-state index is 10.3. The summed E-state index contributed by atoms with van der Waals surface area (Å²) in [6.45, 7) is 1.92. The van der Waals surface area contributed by atoms with E-state index in [0.29, 0.717) is 5.56 Å². The van der Waals surface area contributed by atoms with Gasteiger partial charge in [-0.2, -0.15) is 12.6 Å². The number of carbonyl (C=O) groups excluding carboxylic acids is 1. The van der Waals surface area contributed by atoms with Crippen molar-refractivity contribution in [3.05, 3.63) is 29.6 Å². The Morgan fingerprint density at radius 1 is 1.73 bits per heavy atom. The normalized spacial score (nSPS) is 12.5. The Hall–Kier alpha value is -0.830. The van der Waals surface area contributed by atoms with E-state index < -0.39 is 0 Å². The summed E-state index contributed by atoms with van der Waals surface area (Å²) in [5.74, 6) is 0. The van der Waals surface area contributed by atoms with Gasteiger partial charge in [-0.1, -0.05) is 0 Å². The lowest BCUT2D eigenvalue weighted by molar-refractivity contribution is 0.112. The summed E-state index contributed by atoms with van der Waals surface area (Å²) in [5.41, 5.74) is 1.48. The van der Waals surface area contributed by atoms with Crippen molar-refractivity contribution in [2.45, 2.75) is 12.2 Å². The van der Waals surface area contributed by atoms with Crippen molar-refractivity contribution in [1.29, 1.82) is 0 Å². The predicted octanol–water partition coefficient (Wildman–Crippen LogP) is 1.88. The van der Waals surface area contributed by atoms with Crippen molar-refractivity contribution >= 4 is 18.9 Å². The van der Waals surface area contributed by atoms with E-state index in [1.807, 2.05) is 6.92 Å². The molecular weight excluding hydrogens is 158 g/mol. The zero-order chi connectivity index (χ0) is 8.27. The average Bonchev–Trinajstić information content (AvgIpc) is 2.05. The first-order chi connectivity index (χ1) is 5.24. The van der Waals surface area contributed by atoms with E-state index in [9.17, 15) is 4.79 Å². The SMILES string of the molecule is CC(S)c1cc(C=O)ccn1.